The maximum atomic E-state index is 12.6. The normalized spacial score (nSPS) is 32.7. The number of carbonyl (C=O) groups excluding carboxylic acids is 2. The molecule has 3 aliphatic carbocycles. The highest BCUT2D eigenvalue weighted by molar-refractivity contribution is 5.90. The molecule has 3 fully saturated rings. The molecule has 0 N–H and O–H groups in total. The van der Waals surface area contributed by atoms with Crippen LogP contribution in [0.4, 0.5) is 0 Å². The molecule has 2 aromatic rings. The highest BCUT2D eigenvalue weighted by atomic mass is 16.6. The summed E-state index contributed by atoms with van der Waals surface area (Å²) in [5.41, 5.74) is 1.07. The molecule has 0 amide bonds. The van der Waals surface area contributed by atoms with Crippen molar-refractivity contribution in [3.63, 3.8) is 0 Å². The molecule has 28 heavy (non-hydrogen) atoms. The molecule has 4 unspecified atom stereocenters. The first-order valence-electron chi connectivity index (χ1n) is 10.2. The van der Waals surface area contributed by atoms with E-state index in [0.717, 1.165) is 24.7 Å². The minimum Gasteiger partial charge on any atom is -0.455 e. The Bertz CT molecular complexity index is 789. The number of hydrogen-bond donors (Lipinski definition) is 0. The third-order valence-electron chi connectivity index (χ3n) is 6.99. The smallest absolute Gasteiger partial charge is 0.338 e. The van der Waals surface area contributed by atoms with Crippen LogP contribution in [-0.2, 0) is 9.47 Å². The van der Waals surface area contributed by atoms with Gasteiger partial charge in [0.15, 0.2) is 0 Å². The summed E-state index contributed by atoms with van der Waals surface area (Å²) in [5.74, 6) is 2.11. The number of hydrogen-bond acceptors (Lipinski definition) is 4. The lowest BCUT2D eigenvalue weighted by atomic mass is 9.43. The molecule has 0 aromatic heterocycles. The zero-order valence-electron chi connectivity index (χ0n) is 15.7. The van der Waals surface area contributed by atoms with Gasteiger partial charge in [0.2, 0.25) is 0 Å². The van der Waals surface area contributed by atoms with Gasteiger partial charge in [0.1, 0.15) is 12.2 Å². The summed E-state index contributed by atoms with van der Waals surface area (Å²) in [5, 5.41) is 0. The molecule has 0 radical (unpaired) electrons. The number of carbonyl (C=O) groups is 2. The summed E-state index contributed by atoms with van der Waals surface area (Å²) < 4.78 is 11.7. The highest BCUT2D eigenvalue weighted by Crippen LogP contribution is 2.63. The lowest BCUT2D eigenvalue weighted by Gasteiger charge is -2.63. The molecule has 4 heteroatoms. The molecule has 0 heterocycles. The van der Waals surface area contributed by atoms with Crippen LogP contribution in [0.25, 0.3) is 0 Å². The van der Waals surface area contributed by atoms with E-state index in [9.17, 15) is 9.59 Å². The maximum Gasteiger partial charge on any atom is 0.338 e. The van der Waals surface area contributed by atoms with Crippen LogP contribution in [0.2, 0.25) is 0 Å². The maximum absolute atomic E-state index is 12.6. The monoisotopic (exact) mass is 376 g/mol. The van der Waals surface area contributed by atoms with Crippen molar-refractivity contribution in [1.29, 1.82) is 0 Å². The summed E-state index contributed by atoms with van der Waals surface area (Å²) in [6.07, 6.45) is 3.44. The molecule has 5 rings (SSSR count). The third-order valence-corrected chi connectivity index (χ3v) is 6.99. The molecule has 6 atom stereocenters. The predicted octanol–water partition coefficient (Wildman–Crippen LogP) is 4.50. The van der Waals surface area contributed by atoms with Gasteiger partial charge in [0.05, 0.1) is 11.1 Å². The van der Waals surface area contributed by atoms with Crippen molar-refractivity contribution < 1.29 is 19.1 Å². The lowest BCUT2D eigenvalue weighted by molar-refractivity contribution is -0.180. The van der Waals surface area contributed by atoms with Crippen LogP contribution in [0.15, 0.2) is 60.7 Å². The van der Waals surface area contributed by atoms with Crippen molar-refractivity contribution in [2.75, 3.05) is 0 Å². The average molecular weight is 376 g/mol. The first-order valence-corrected chi connectivity index (χ1v) is 10.2. The second-order valence-electron chi connectivity index (χ2n) is 8.32. The molecule has 2 aromatic carbocycles. The largest absolute Gasteiger partial charge is 0.455 e. The molecule has 0 saturated heterocycles. The van der Waals surface area contributed by atoms with E-state index in [1.54, 1.807) is 24.3 Å². The van der Waals surface area contributed by atoms with Gasteiger partial charge in [-0.2, -0.15) is 0 Å². The molecule has 0 bridgehead atoms. The van der Waals surface area contributed by atoms with Crippen LogP contribution in [0.1, 0.15) is 46.4 Å². The minimum absolute atomic E-state index is 0.339. The lowest BCUT2D eigenvalue weighted by Crippen LogP contribution is -2.60. The van der Waals surface area contributed by atoms with Crippen LogP contribution in [0.3, 0.4) is 0 Å². The van der Waals surface area contributed by atoms with Crippen molar-refractivity contribution in [3.8, 4) is 0 Å². The number of rotatable bonds is 4. The van der Waals surface area contributed by atoms with Gasteiger partial charge in [0.25, 0.3) is 0 Å². The van der Waals surface area contributed by atoms with E-state index >= 15 is 0 Å². The quantitative estimate of drug-likeness (QED) is 0.737. The van der Waals surface area contributed by atoms with Gasteiger partial charge in [-0.25, -0.2) is 9.59 Å². The Morgan fingerprint density at radius 3 is 1.36 bits per heavy atom. The number of ether oxygens (including phenoxy) is 2. The molecule has 0 aliphatic heterocycles. The van der Waals surface area contributed by atoms with E-state index in [2.05, 4.69) is 0 Å². The Balaban J connectivity index is 1.33. The van der Waals surface area contributed by atoms with Crippen molar-refractivity contribution in [3.05, 3.63) is 71.8 Å². The fourth-order valence-corrected chi connectivity index (χ4v) is 5.45. The van der Waals surface area contributed by atoms with Crippen LogP contribution < -0.4 is 0 Å². The van der Waals surface area contributed by atoms with Crippen LogP contribution >= 0.6 is 0 Å². The topological polar surface area (TPSA) is 52.6 Å². The van der Waals surface area contributed by atoms with Crippen molar-refractivity contribution in [1.82, 2.24) is 0 Å². The highest BCUT2D eigenvalue weighted by Gasteiger charge is 2.59. The SMILES string of the molecule is O=C(O[C@H]1CC2C3CCC3C2C[C@@H]1OC(=O)c1ccccc1)c1ccccc1. The number of fused-ring (bicyclic) bond motifs is 4. The number of esters is 2. The molecule has 3 aliphatic rings. The Hall–Kier alpha value is -2.62. The molecule has 4 nitrogen and oxygen atoms in total. The summed E-state index contributed by atoms with van der Waals surface area (Å²) >= 11 is 0. The van der Waals surface area contributed by atoms with Gasteiger partial charge in [-0.15, -0.1) is 0 Å². The van der Waals surface area contributed by atoms with Gasteiger partial charge in [0, 0.05) is 0 Å². The van der Waals surface area contributed by atoms with E-state index in [1.807, 2.05) is 36.4 Å². The molecular formula is C24H24O4. The second-order valence-corrected chi connectivity index (χ2v) is 8.32. The standard InChI is InChI=1S/C24H24O4/c25-23(15-7-3-1-4-8-15)27-21-13-19-17-11-12-18(17)20(19)14-22(21)28-24(26)16-9-5-2-6-10-16/h1-10,17-22H,11-14H2/t17?,18?,19?,20?,21-,22-/m0/s1. The Labute approximate surface area is 164 Å². The van der Waals surface area contributed by atoms with E-state index in [1.165, 1.54) is 12.8 Å². The van der Waals surface area contributed by atoms with Crippen LogP contribution in [0, 0.1) is 23.7 Å². The number of benzene rings is 2. The van der Waals surface area contributed by atoms with Gasteiger partial charge in [-0.1, -0.05) is 36.4 Å². The van der Waals surface area contributed by atoms with E-state index in [-0.39, 0.29) is 24.1 Å². The Morgan fingerprint density at radius 1 is 0.607 bits per heavy atom. The third kappa shape index (κ3) is 3.01. The summed E-state index contributed by atoms with van der Waals surface area (Å²) in [4.78, 5) is 25.2. The first kappa shape index (κ1) is 17.5. The summed E-state index contributed by atoms with van der Waals surface area (Å²) in [6, 6.07) is 18.1. The van der Waals surface area contributed by atoms with Gasteiger partial charge < -0.3 is 9.47 Å². The minimum atomic E-state index is -0.372. The second kappa shape index (κ2) is 7.08. The van der Waals surface area contributed by atoms with E-state index in [4.69, 9.17) is 9.47 Å². The van der Waals surface area contributed by atoms with Crippen LogP contribution in [0.5, 0.6) is 0 Å². The Kier molecular flexibility index (Phi) is 4.42. The Morgan fingerprint density at radius 2 is 1.00 bits per heavy atom. The average Bonchev–Trinajstić information content (AvgIpc) is 2.71. The zero-order chi connectivity index (χ0) is 19.1. The summed E-state index contributed by atoms with van der Waals surface area (Å²) in [6.45, 7) is 0. The molecule has 144 valence electrons. The van der Waals surface area contributed by atoms with Gasteiger partial charge in [-0.05, 0) is 73.6 Å². The van der Waals surface area contributed by atoms with E-state index < -0.39 is 0 Å². The van der Waals surface area contributed by atoms with E-state index in [0.29, 0.717) is 23.0 Å². The fourth-order valence-electron chi connectivity index (χ4n) is 5.45. The van der Waals surface area contributed by atoms with Crippen molar-refractivity contribution in [2.24, 2.45) is 23.7 Å². The first-order chi connectivity index (χ1) is 13.7. The molecule has 3 saturated carbocycles. The van der Waals surface area contributed by atoms with Gasteiger partial charge in [-0.3, -0.25) is 0 Å². The molecular weight excluding hydrogens is 352 g/mol. The predicted molar refractivity (Wildman–Crippen MR) is 104 cm³/mol. The molecule has 0 spiro atoms. The summed E-state index contributed by atoms with van der Waals surface area (Å²) in [7, 11) is 0. The van der Waals surface area contributed by atoms with Crippen molar-refractivity contribution in [2.45, 2.75) is 37.9 Å². The fraction of sp³-hybridized carbons (Fsp3) is 0.417. The van der Waals surface area contributed by atoms with Crippen LogP contribution in [-0.4, -0.2) is 24.1 Å². The van der Waals surface area contributed by atoms with Crippen molar-refractivity contribution >= 4 is 11.9 Å². The van der Waals surface area contributed by atoms with Gasteiger partial charge >= 0.3 is 11.9 Å². The zero-order valence-corrected chi connectivity index (χ0v) is 15.7.